The number of carbonyl (C=O) groups is 1. The number of benzene rings is 1. The zero-order valence-corrected chi connectivity index (χ0v) is 17.2. The fraction of sp³-hybridized carbons (Fsp3) is 0.444. The van der Waals surface area contributed by atoms with Gasteiger partial charge < -0.3 is 20.7 Å². The van der Waals surface area contributed by atoms with Crippen LogP contribution < -0.4 is 15.8 Å². The minimum Gasteiger partial charge on any atom is -0.497 e. The summed E-state index contributed by atoms with van der Waals surface area (Å²) in [6, 6.07) is 7.25. The number of nitrogens with zero attached hydrogens (tertiary/aromatic N) is 2. The lowest BCUT2D eigenvalue weighted by Gasteiger charge is -2.08. The number of methoxy groups -OCH3 is 1. The lowest BCUT2D eigenvalue weighted by molar-refractivity contribution is -0.116. The molecule has 3 N–H and O–H groups in total. The van der Waals surface area contributed by atoms with Crippen LogP contribution in [0.1, 0.15) is 6.42 Å². The first kappa shape index (κ1) is 22.4. The van der Waals surface area contributed by atoms with Crippen molar-refractivity contribution in [2.45, 2.75) is 6.42 Å². The molecule has 6 nitrogen and oxygen atoms in total. The fourth-order valence-electron chi connectivity index (χ4n) is 1.76. The third kappa shape index (κ3) is 9.74. The summed E-state index contributed by atoms with van der Waals surface area (Å²) >= 11 is 0. The Morgan fingerprint density at radius 2 is 1.96 bits per heavy atom. The number of carbonyl (C=O) groups excluding carboxylic acids is 1. The van der Waals surface area contributed by atoms with Gasteiger partial charge in [0.15, 0.2) is 0 Å². The van der Waals surface area contributed by atoms with Gasteiger partial charge in [0.25, 0.3) is 5.91 Å². The molecule has 1 aromatic rings. The van der Waals surface area contributed by atoms with Gasteiger partial charge in [0, 0.05) is 37.0 Å². The van der Waals surface area contributed by atoms with Gasteiger partial charge in [0.05, 0.1) is 18.4 Å². The van der Waals surface area contributed by atoms with Crippen molar-refractivity contribution in [2.75, 3.05) is 45.8 Å². The first-order chi connectivity index (χ1) is 12.6. The van der Waals surface area contributed by atoms with Crippen molar-refractivity contribution in [2.24, 2.45) is 10.7 Å². The smallest absolute Gasteiger partial charge is 0.254 e. The average Bonchev–Trinajstić information content (AvgIpc) is 2.64. The zero-order chi connectivity index (χ0) is 19.2. The highest BCUT2D eigenvalue weighted by Crippen LogP contribution is 2.21. The van der Waals surface area contributed by atoms with E-state index in [1.807, 2.05) is 45.9 Å². The summed E-state index contributed by atoms with van der Waals surface area (Å²) in [4.78, 5) is 18.6. The number of rotatable bonds is 12. The number of nitrogens with two attached hydrogens (primary N) is 1. The molecule has 0 spiro atoms. The van der Waals surface area contributed by atoms with Crippen molar-refractivity contribution in [3.63, 3.8) is 0 Å². The zero-order valence-electron chi connectivity index (χ0n) is 15.6. The molecule has 0 aromatic heterocycles. The van der Waals surface area contributed by atoms with E-state index in [1.54, 1.807) is 7.11 Å². The van der Waals surface area contributed by atoms with Gasteiger partial charge in [-0.1, -0.05) is 21.6 Å². The third-order valence-electron chi connectivity index (χ3n) is 3.26. The Kier molecular flexibility index (Phi) is 11.7. The van der Waals surface area contributed by atoms with Crippen LogP contribution in [0.25, 0.3) is 0 Å². The van der Waals surface area contributed by atoms with Crippen molar-refractivity contribution in [3.05, 3.63) is 36.0 Å². The van der Waals surface area contributed by atoms with Crippen LogP contribution in [0.5, 0.6) is 5.75 Å². The van der Waals surface area contributed by atoms with Crippen LogP contribution in [0.3, 0.4) is 0 Å². The van der Waals surface area contributed by atoms with E-state index in [4.69, 9.17) is 10.5 Å². The van der Waals surface area contributed by atoms with Gasteiger partial charge >= 0.3 is 0 Å². The van der Waals surface area contributed by atoms with Crippen LogP contribution in [-0.4, -0.2) is 62.8 Å². The molecule has 1 aromatic carbocycles. The van der Waals surface area contributed by atoms with Gasteiger partial charge in [-0.3, -0.25) is 9.79 Å². The fourth-order valence-corrected chi connectivity index (χ4v) is 3.98. The number of hydrogen-bond donors (Lipinski definition) is 2. The van der Waals surface area contributed by atoms with Crippen LogP contribution in [0.4, 0.5) is 5.69 Å². The summed E-state index contributed by atoms with van der Waals surface area (Å²) in [5, 5.41) is 2.87. The van der Waals surface area contributed by atoms with Crippen molar-refractivity contribution in [1.82, 2.24) is 10.2 Å². The minimum absolute atomic E-state index is 0.213. The van der Waals surface area contributed by atoms with Gasteiger partial charge in [0.2, 0.25) is 0 Å². The van der Waals surface area contributed by atoms with Gasteiger partial charge in [-0.2, -0.15) is 0 Å². The summed E-state index contributed by atoms with van der Waals surface area (Å²) in [6.45, 7) is 1.69. The van der Waals surface area contributed by atoms with E-state index < -0.39 is 0 Å². The van der Waals surface area contributed by atoms with Gasteiger partial charge in [0.1, 0.15) is 5.75 Å². The molecule has 26 heavy (non-hydrogen) atoms. The standard InChI is InChI=1S/C18H28N4O2S2/c1-22(2)10-12-26-25-11-4-9-20-18(23)15(13-19)14-21-16-5-7-17(24-3)8-6-16/h5-8,13-14H,4,9-12,19H2,1-3H3,(H,20,23). The second-order valence-corrected chi connectivity index (χ2v) is 8.34. The van der Waals surface area contributed by atoms with E-state index in [1.165, 1.54) is 12.4 Å². The van der Waals surface area contributed by atoms with Crippen molar-refractivity contribution < 1.29 is 9.53 Å². The average molecular weight is 397 g/mol. The van der Waals surface area contributed by atoms with Crippen LogP contribution in [0, 0.1) is 0 Å². The third-order valence-corrected chi connectivity index (χ3v) is 5.73. The topological polar surface area (TPSA) is 80.0 Å². The summed E-state index contributed by atoms with van der Waals surface area (Å²) in [5.74, 6) is 2.65. The highest BCUT2D eigenvalue weighted by Gasteiger charge is 2.05. The number of amides is 1. The molecule has 0 radical (unpaired) electrons. The number of aliphatic imine (C=N–C) groups is 1. The molecule has 0 heterocycles. The Morgan fingerprint density at radius 3 is 2.58 bits per heavy atom. The predicted molar refractivity (Wildman–Crippen MR) is 115 cm³/mol. The summed E-state index contributed by atoms with van der Waals surface area (Å²) in [5.41, 5.74) is 6.62. The van der Waals surface area contributed by atoms with E-state index >= 15 is 0 Å². The first-order valence-corrected chi connectivity index (χ1v) is 10.8. The molecule has 0 aliphatic rings. The van der Waals surface area contributed by atoms with Crippen molar-refractivity contribution >= 4 is 39.4 Å². The van der Waals surface area contributed by atoms with Gasteiger partial charge in [-0.15, -0.1) is 0 Å². The lowest BCUT2D eigenvalue weighted by atomic mass is 10.2. The Bertz CT molecular complexity index is 589. The van der Waals surface area contributed by atoms with E-state index in [0.717, 1.165) is 35.9 Å². The Labute approximate surface area is 164 Å². The molecule has 0 atom stereocenters. The lowest BCUT2D eigenvalue weighted by Crippen LogP contribution is -2.27. The number of hydrogen-bond acceptors (Lipinski definition) is 7. The minimum atomic E-state index is -0.213. The molecule has 0 saturated carbocycles. The number of nitrogens with one attached hydrogen (secondary N) is 1. The quantitative estimate of drug-likeness (QED) is 0.245. The number of ether oxygens (including phenoxy) is 1. The maximum atomic E-state index is 12.1. The molecule has 0 unspecified atom stereocenters. The molecule has 0 fully saturated rings. The molecule has 8 heteroatoms. The second-order valence-electron chi connectivity index (χ2n) is 5.63. The van der Waals surface area contributed by atoms with Crippen LogP contribution >= 0.6 is 21.6 Å². The predicted octanol–water partition coefficient (Wildman–Crippen LogP) is 2.69. The monoisotopic (exact) mass is 396 g/mol. The molecular formula is C18H28N4O2S2. The summed E-state index contributed by atoms with van der Waals surface area (Å²) < 4.78 is 5.10. The Morgan fingerprint density at radius 1 is 1.27 bits per heavy atom. The van der Waals surface area contributed by atoms with E-state index in [0.29, 0.717) is 12.1 Å². The van der Waals surface area contributed by atoms with Crippen LogP contribution in [0.15, 0.2) is 41.0 Å². The highest BCUT2D eigenvalue weighted by atomic mass is 33.1. The van der Waals surface area contributed by atoms with Gasteiger partial charge in [-0.05, 0) is 44.8 Å². The van der Waals surface area contributed by atoms with Crippen molar-refractivity contribution in [3.8, 4) is 5.75 Å². The molecular weight excluding hydrogens is 368 g/mol. The maximum Gasteiger partial charge on any atom is 0.254 e. The largest absolute Gasteiger partial charge is 0.497 e. The molecule has 0 saturated heterocycles. The summed E-state index contributed by atoms with van der Waals surface area (Å²) in [6.07, 6.45) is 3.66. The van der Waals surface area contributed by atoms with E-state index in [9.17, 15) is 4.79 Å². The Hall–Kier alpha value is -1.64. The maximum absolute atomic E-state index is 12.1. The van der Waals surface area contributed by atoms with E-state index in [-0.39, 0.29) is 5.91 Å². The normalized spacial score (nSPS) is 11.9. The first-order valence-electron chi connectivity index (χ1n) is 8.34. The second kappa shape index (κ2) is 13.5. The molecule has 0 aliphatic heterocycles. The Balaban J connectivity index is 2.27. The SMILES string of the molecule is COc1ccc(N=CC(=CN)C(=O)NCCCSSCCN(C)C)cc1. The van der Waals surface area contributed by atoms with Crippen LogP contribution in [0.2, 0.25) is 0 Å². The molecule has 1 rings (SSSR count). The van der Waals surface area contributed by atoms with E-state index in [2.05, 4.69) is 29.3 Å². The van der Waals surface area contributed by atoms with Crippen LogP contribution in [-0.2, 0) is 4.79 Å². The highest BCUT2D eigenvalue weighted by molar-refractivity contribution is 8.76. The molecule has 1 amide bonds. The van der Waals surface area contributed by atoms with Crippen molar-refractivity contribution in [1.29, 1.82) is 0 Å². The summed E-state index contributed by atoms with van der Waals surface area (Å²) in [7, 11) is 9.45. The molecule has 0 bridgehead atoms. The molecule has 144 valence electrons. The molecule has 0 aliphatic carbocycles. The van der Waals surface area contributed by atoms with Gasteiger partial charge in [-0.25, -0.2) is 0 Å².